The molecule has 1 fully saturated rings. The van der Waals surface area contributed by atoms with Gasteiger partial charge in [0.1, 0.15) is 0 Å². The van der Waals surface area contributed by atoms with Crippen molar-refractivity contribution in [3.8, 4) is 0 Å². The first-order valence-corrected chi connectivity index (χ1v) is 10.3. The molecule has 0 N–H and O–H groups in total. The van der Waals surface area contributed by atoms with Crippen LogP contribution in [-0.2, 0) is 14.3 Å². The first-order chi connectivity index (χ1) is 14.9. The van der Waals surface area contributed by atoms with E-state index in [2.05, 4.69) is 0 Å². The number of esters is 1. The second-order valence-electron chi connectivity index (χ2n) is 7.99. The number of imide groups is 1. The van der Waals surface area contributed by atoms with E-state index in [0.29, 0.717) is 17.7 Å². The summed E-state index contributed by atoms with van der Waals surface area (Å²) in [5.74, 6) is -2.00. The van der Waals surface area contributed by atoms with E-state index >= 15 is 0 Å². The molecule has 6 heteroatoms. The Morgan fingerprint density at radius 2 is 1.65 bits per heavy atom. The van der Waals surface area contributed by atoms with Crippen LogP contribution < -0.4 is 4.90 Å². The highest BCUT2D eigenvalue weighted by Gasteiger charge is 2.50. The molecule has 1 aliphatic heterocycles. The number of hydrogen-bond donors (Lipinski definition) is 0. The molecule has 4 atom stereocenters. The van der Waals surface area contributed by atoms with Crippen molar-refractivity contribution in [2.45, 2.75) is 26.4 Å². The maximum absolute atomic E-state index is 12.9. The van der Waals surface area contributed by atoms with Crippen molar-refractivity contribution in [2.75, 3.05) is 4.90 Å². The van der Waals surface area contributed by atoms with Gasteiger partial charge in [0.05, 0.1) is 23.1 Å². The molecule has 0 saturated carbocycles. The van der Waals surface area contributed by atoms with Crippen LogP contribution >= 0.6 is 0 Å². The summed E-state index contributed by atoms with van der Waals surface area (Å²) in [5, 5.41) is 0. The van der Waals surface area contributed by atoms with Crippen molar-refractivity contribution in [3.05, 3.63) is 77.9 Å². The highest BCUT2D eigenvalue weighted by molar-refractivity contribution is 6.22. The summed E-state index contributed by atoms with van der Waals surface area (Å²) in [7, 11) is 0. The van der Waals surface area contributed by atoms with Gasteiger partial charge in [0.25, 0.3) is 0 Å². The van der Waals surface area contributed by atoms with Gasteiger partial charge in [-0.05, 0) is 43.5 Å². The minimum absolute atomic E-state index is 0.0121. The molecule has 1 heterocycles. The lowest BCUT2D eigenvalue weighted by atomic mass is 9.78. The van der Waals surface area contributed by atoms with E-state index in [0.717, 1.165) is 0 Å². The van der Waals surface area contributed by atoms with Crippen LogP contribution in [0.25, 0.3) is 0 Å². The van der Waals surface area contributed by atoms with Crippen LogP contribution in [0.5, 0.6) is 0 Å². The maximum atomic E-state index is 12.9. The van der Waals surface area contributed by atoms with Crippen molar-refractivity contribution in [3.63, 3.8) is 0 Å². The Bertz CT molecular complexity index is 1060. The number of ether oxygens (including phenoxy) is 1. The number of rotatable bonds is 5. The fourth-order valence-corrected chi connectivity index (χ4v) is 4.27. The topological polar surface area (TPSA) is 80.8 Å². The predicted octanol–water partition coefficient (Wildman–Crippen LogP) is 3.82. The van der Waals surface area contributed by atoms with Crippen molar-refractivity contribution >= 4 is 29.3 Å². The Morgan fingerprint density at radius 1 is 0.968 bits per heavy atom. The van der Waals surface area contributed by atoms with Crippen LogP contribution in [0.15, 0.2) is 66.7 Å². The normalized spacial score (nSPS) is 23.4. The standard InChI is InChI=1S/C25H23NO5/c1-15-7-6-10-20-21(15)24(29)26(23(20)28)19-13-11-18(12-14-19)25(30)31-16(2)22(27)17-8-4-3-5-9-17/h3-9,11-16,20-21H,10H2,1-2H3/t15-,16-,20+,21+/m0/s1. The minimum Gasteiger partial charge on any atom is -0.451 e. The second kappa shape index (κ2) is 8.30. The summed E-state index contributed by atoms with van der Waals surface area (Å²) in [6, 6.07) is 14.7. The van der Waals surface area contributed by atoms with Crippen molar-refractivity contribution in [1.82, 2.24) is 0 Å². The number of nitrogens with zero attached hydrogens (tertiary/aromatic N) is 1. The molecule has 0 aromatic heterocycles. The van der Waals surface area contributed by atoms with Gasteiger partial charge >= 0.3 is 5.97 Å². The minimum atomic E-state index is -0.937. The van der Waals surface area contributed by atoms with E-state index in [1.165, 1.54) is 24.0 Å². The number of carbonyl (C=O) groups is 4. The Kier molecular flexibility index (Phi) is 5.55. The molecule has 1 aliphatic carbocycles. The summed E-state index contributed by atoms with van der Waals surface area (Å²) in [6.45, 7) is 3.47. The Labute approximate surface area is 180 Å². The molecule has 2 aromatic carbocycles. The number of benzene rings is 2. The van der Waals surface area contributed by atoms with Crippen molar-refractivity contribution in [2.24, 2.45) is 17.8 Å². The van der Waals surface area contributed by atoms with Crippen LogP contribution in [0, 0.1) is 17.8 Å². The lowest BCUT2D eigenvalue weighted by Gasteiger charge is -2.22. The van der Waals surface area contributed by atoms with E-state index in [-0.39, 0.29) is 40.9 Å². The largest absolute Gasteiger partial charge is 0.451 e. The zero-order valence-corrected chi connectivity index (χ0v) is 17.4. The Balaban J connectivity index is 1.46. The zero-order valence-electron chi connectivity index (χ0n) is 17.4. The highest BCUT2D eigenvalue weighted by atomic mass is 16.5. The average molecular weight is 417 g/mol. The Hall–Kier alpha value is -3.54. The van der Waals surface area contributed by atoms with Crippen LogP contribution in [-0.4, -0.2) is 29.7 Å². The summed E-state index contributed by atoms with van der Waals surface area (Å²) >= 11 is 0. The highest BCUT2D eigenvalue weighted by Crippen LogP contribution is 2.40. The molecule has 0 bridgehead atoms. The number of Topliss-reactive ketones (excluding diaryl/α,β-unsaturated/α-hetero) is 1. The zero-order chi connectivity index (χ0) is 22.1. The summed E-state index contributed by atoms with van der Waals surface area (Å²) in [4.78, 5) is 51.8. The van der Waals surface area contributed by atoms with E-state index in [1.54, 1.807) is 42.5 Å². The molecule has 158 valence electrons. The molecular weight excluding hydrogens is 394 g/mol. The summed E-state index contributed by atoms with van der Waals surface area (Å²) < 4.78 is 5.31. The SMILES string of the molecule is C[C@H](OC(=O)c1ccc(N2C(=O)[C@@H]3[C@@H](C)C=CC[C@H]3C2=O)cc1)C(=O)c1ccccc1. The van der Waals surface area contributed by atoms with Gasteiger partial charge in [-0.1, -0.05) is 49.4 Å². The molecule has 6 nitrogen and oxygen atoms in total. The van der Waals surface area contributed by atoms with Gasteiger partial charge in [-0.15, -0.1) is 0 Å². The number of amides is 2. The number of fused-ring (bicyclic) bond motifs is 1. The molecule has 0 spiro atoms. The third-order valence-electron chi connectivity index (χ3n) is 5.95. The Morgan fingerprint density at radius 3 is 2.29 bits per heavy atom. The second-order valence-corrected chi connectivity index (χ2v) is 7.99. The van der Waals surface area contributed by atoms with Crippen LogP contribution in [0.4, 0.5) is 5.69 Å². The maximum Gasteiger partial charge on any atom is 0.338 e. The van der Waals surface area contributed by atoms with Gasteiger partial charge < -0.3 is 4.74 Å². The monoisotopic (exact) mass is 417 g/mol. The van der Waals surface area contributed by atoms with E-state index in [4.69, 9.17) is 4.74 Å². The van der Waals surface area contributed by atoms with Gasteiger partial charge in [0.15, 0.2) is 6.10 Å². The van der Waals surface area contributed by atoms with E-state index in [1.807, 2.05) is 19.1 Å². The lowest BCUT2D eigenvalue weighted by molar-refractivity contribution is -0.122. The lowest BCUT2D eigenvalue weighted by Crippen LogP contribution is -2.31. The van der Waals surface area contributed by atoms with E-state index < -0.39 is 12.1 Å². The van der Waals surface area contributed by atoms with Crippen molar-refractivity contribution < 1.29 is 23.9 Å². The van der Waals surface area contributed by atoms with Gasteiger partial charge in [-0.25, -0.2) is 4.79 Å². The number of ketones is 1. The smallest absolute Gasteiger partial charge is 0.338 e. The summed E-state index contributed by atoms with van der Waals surface area (Å²) in [6.07, 6.45) is 3.56. The fourth-order valence-electron chi connectivity index (χ4n) is 4.27. The molecule has 2 amide bonds. The predicted molar refractivity (Wildman–Crippen MR) is 114 cm³/mol. The molecule has 4 rings (SSSR count). The van der Waals surface area contributed by atoms with Gasteiger partial charge in [0, 0.05) is 5.56 Å². The molecule has 0 radical (unpaired) electrons. The van der Waals surface area contributed by atoms with Crippen LogP contribution in [0.2, 0.25) is 0 Å². The van der Waals surface area contributed by atoms with Crippen molar-refractivity contribution in [1.29, 1.82) is 0 Å². The third-order valence-corrected chi connectivity index (χ3v) is 5.95. The third kappa shape index (κ3) is 3.81. The molecule has 0 unspecified atom stereocenters. The number of allylic oxidation sites excluding steroid dienone is 2. The number of hydrogen-bond acceptors (Lipinski definition) is 5. The van der Waals surface area contributed by atoms with Gasteiger partial charge in [-0.2, -0.15) is 0 Å². The summed E-state index contributed by atoms with van der Waals surface area (Å²) in [5.41, 5.74) is 1.14. The van der Waals surface area contributed by atoms with Crippen LogP contribution in [0.3, 0.4) is 0 Å². The first-order valence-electron chi connectivity index (χ1n) is 10.3. The number of carbonyl (C=O) groups excluding carboxylic acids is 4. The molecule has 2 aromatic rings. The molecule has 1 saturated heterocycles. The number of anilines is 1. The van der Waals surface area contributed by atoms with Crippen LogP contribution in [0.1, 0.15) is 41.0 Å². The van der Waals surface area contributed by atoms with Gasteiger partial charge in [0.2, 0.25) is 17.6 Å². The quantitative estimate of drug-likeness (QED) is 0.320. The average Bonchev–Trinajstić information content (AvgIpc) is 3.05. The molecule has 31 heavy (non-hydrogen) atoms. The molecule has 2 aliphatic rings. The van der Waals surface area contributed by atoms with E-state index in [9.17, 15) is 19.2 Å². The molecular formula is C25H23NO5. The fraction of sp³-hybridized carbons (Fsp3) is 0.280. The first kappa shape index (κ1) is 20.7. The van der Waals surface area contributed by atoms with Gasteiger partial charge in [-0.3, -0.25) is 19.3 Å².